The van der Waals surface area contributed by atoms with Crippen molar-refractivity contribution in [2.24, 2.45) is 0 Å². The summed E-state index contributed by atoms with van der Waals surface area (Å²) in [4.78, 5) is 19.9. The molecule has 220 valence electrons. The molecule has 1 saturated heterocycles. The van der Waals surface area contributed by atoms with E-state index < -0.39 is 5.82 Å². The van der Waals surface area contributed by atoms with Crippen molar-refractivity contribution < 1.29 is 18.7 Å². The van der Waals surface area contributed by atoms with Crippen molar-refractivity contribution in [2.45, 2.75) is 59.9 Å². The van der Waals surface area contributed by atoms with Crippen molar-refractivity contribution in [1.29, 1.82) is 10.7 Å². The minimum absolute atomic E-state index is 0.00973. The maximum Gasteiger partial charge on any atom is 0.197 e. The second-order valence-corrected chi connectivity index (χ2v) is 11.6. The number of Topliss-reactive ketones (excluding diaryl/α,β-unsaturated/α-hetero) is 1. The fraction of sp³-hybridized carbons (Fsp3) is 0.531. The molecule has 1 fully saturated rings. The summed E-state index contributed by atoms with van der Waals surface area (Å²) in [7, 11) is 0. The Hall–Kier alpha value is -3.64. The van der Waals surface area contributed by atoms with Crippen molar-refractivity contribution in [2.75, 3.05) is 57.4 Å². The molecule has 41 heavy (non-hydrogen) atoms. The smallest absolute Gasteiger partial charge is 0.197 e. The molecule has 8 nitrogen and oxygen atoms in total. The maximum absolute atomic E-state index is 15.5. The van der Waals surface area contributed by atoms with Gasteiger partial charge in [0.2, 0.25) is 0 Å². The van der Waals surface area contributed by atoms with Crippen LogP contribution >= 0.6 is 0 Å². The molecule has 2 heterocycles. The van der Waals surface area contributed by atoms with Gasteiger partial charge in [-0.15, -0.1) is 0 Å². The van der Waals surface area contributed by atoms with E-state index in [1.54, 1.807) is 17.9 Å². The molecule has 0 spiro atoms. The van der Waals surface area contributed by atoms with Gasteiger partial charge in [-0.25, -0.2) is 4.39 Å². The summed E-state index contributed by atoms with van der Waals surface area (Å²) in [6, 6.07) is 7.96. The first-order valence-corrected chi connectivity index (χ1v) is 14.5. The van der Waals surface area contributed by atoms with Gasteiger partial charge in [0.25, 0.3) is 0 Å². The summed E-state index contributed by atoms with van der Waals surface area (Å²) in [6.07, 6.45) is 0.838. The number of ether oxygens (including phenoxy) is 2. The molecule has 0 saturated carbocycles. The number of nitriles is 1. The summed E-state index contributed by atoms with van der Waals surface area (Å²) in [5.41, 5.74) is 4.62. The number of hydrogen-bond donors (Lipinski definition) is 1. The molecule has 2 aromatic carbocycles. The van der Waals surface area contributed by atoms with E-state index in [-0.39, 0.29) is 48.0 Å². The van der Waals surface area contributed by atoms with Crippen molar-refractivity contribution in [1.82, 2.24) is 9.80 Å². The number of halogens is 1. The predicted molar refractivity (Wildman–Crippen MR) is 159 cm³/mol. The molecule has 0 atom stereocenters. The molecule has 0 amide bonds. The molecule has 0 bridgehead atoms. The molecule has 9 heteroatoms. The van der Waals surface area contributed by atoms with Crippen LogP contribution in [0.25, 0.3) is 0 Å². The lowest BCUT2D eigenvalue weighted by Gasteiger charge is -2.37. The zero-order valence-corrected chi connectivity index (χ0v) is 25.2. The molecular weight excluding hydrogens is 521 g/mol. The Labute approximate surface area is 243 Å². The van der Waals surface area contributed by atoms with Crippen molar-refractivity contribution >= 4 is 17.3 Å². The first-order valence-electron chi connectivity index (χ1n) is 14.5. The minimum Gasteiger partial charge on any atom is -0.490 e. The second-order valence-electron chi connectivity index (χ2n) is 11.6. The highest BCUT2D eigenvalue weighted by Gasteiger charge is 2.34. The number of piperazine rings is 1. The lowest BCUT2D eigenvalue weighted by Crippen LogP contribution is -2.47. The average molecular weight is 564 g/mol. The van der Waals surface area contributed by atoms with E-state index in [0.29, 0.717) is 30.0 Å². The number of carbonyl (C=O) groups excluding carboxylic acids is 1. The quantitative estimate of drug-likeness (QED) is 0.316. The van der Waals surface area contributed by atoms with Crippen molar-refractivity contribution in [3.63, 3.8) is 0 Å². The fourth-order valence-corrected chi connectivity index (χ4v) is 5.81. The van der Waals surface area contributed by atoms with Crippen molar-refractivity contribution in [3.8, 4) is 17.6 Å². The van der Waals surface area contributed by atoms with Crippen LogP contribution in [0, 0.1) is 22.6 Å². The number of hydrogen-bond acceptors (Lipinski definition) is 7. The number of benzene rings is 2. The number of fused-ring (bicyclic) bond motifs is 1. The number of amidine groups is 1. The monoisotopic (exact) mass is 563 g/mol. The minimum atomic E-state index is -0.618. The van der Waals surface area contributed by atoms with Crippen LogP contribution in [0.3, 0.4) is 0 Å². The summed E-state index contributed by atoms with van der Waals surface area (Å²) >= 11 is 0. The van der Waals surface area contributed by atoms with E-state index in [4.69, 9.17) is 20.1 Å². The molecule has 2 aliphatic rings. The number of nitrogens with one attached hydrogen (secondary N) is 1. The molecule has 4 rings (SSSR count). The van der Waals surface area contributed by atoms with Gasteiger partial charge < -0.3 is 19.3 Å². The number of ketones is 1. The number of nitrogens with zero attached hydrogens (tertiary/aromatic N) is 4. The number of rotatable bonds is 10. The van der Waals surface area contributed by atoms with Crippen LogP contribution in [0.2, 0.25) is 0 Å². The van der Waals surface area contributed by atoms with Crippen LogP contribution in [0.4, 0.5) is 10.1 Å². The Morgan fingerprint density at radius 3 is 2.34 bits per heavy atom. The molecule has 0 unspecified atom stereocenters. The number of carbonyl (C=O) groups is 1. The van der Waals surface area contributed by atoms with Gasteiger partial charge in [-0.3, -0.25) is 15.1 Å². The first-order chi connectivity index (χ1) is 19.5. The van der Waals surface area contributed by atoms with Gasteiger partial charge in [0.15, 0.2) is 23.1 Å². The highest BCUT2D eigenvalue weighted by atomic mass is 19.1. The van der Waals surface area contributed by atoms with Gasteiger partial charge >= 0.3 is 0 Å². The molecule has 1 N–H and O–H groups in total. The molecule has 2 aliphatic heterocycles. The van der Waals surface area contributed by atoms with E-state index in [1.165, 1.54) is 5.56 Å². The van der Waals surface area contributed by atoms with E-state index in [2.05, 4.69) is 43.6 Å². The van der Waals surface area contributed by atoms with Gasteiger partial charge in [-0.05, 0) is 60.6 Å². The summed E-state index contributed by atoms with van der Waals surface area (Å²) in [5.74, 6) is -0.431. The first kappa shape index (κ1) is 30.3. The molecule has 0 radical (unpaired) electrons. The molecule has 2 aromatic rings. The third-order valence-electron chi connectivity index (χ3n) is 7.82. The average Bonchev–Trinajstić information content (AvgIpc) is 3.24. The van der Waals surface area contributed by atoms with Gasteiger partial charge in [0, 0.05) is 44.0 Å². The lowest BCUT2D eigenvalue weighted by atomic mass is 9.80. The lowest BCUT2D eigenvalue weighted by molar-refractivity contribution is 0.0962. The normalized spacial score (nSPS) is 15.6. The molecule has 0 aromatic heterocycles. The van der Waals surface area contributed by atoms with E-state index in [9.17, 15) is 4.79 Å². The van der Waals surface area contributed by atoms with Crippen LogP contribution in [0.15, 0.2) is 18.2 Å². The topological polar surface area (TPSA) is 92.9 Å². The Bertz CT molecular complexity index is 1350. The predicted octanol–water partition coefficient (Wildman–Crippen LogP) is 5.15. The van der Waals surface area contributed by atoms with Gasteiger partial charge in [-0.1, -0.05) is 27.7 Å². The standard InChI is InChI=1S/C32H42FN5O3/c1-7-23-24(32(4,5)6)16-21(17-25(23)37-14-12-36(11-10-34)13-15-37)26(39)20-38-19-22-18-27(40-8-2)30(41-9-3)29(33)28(22)31(38)35/h16-18,35H,7-9,11-15,19-20H2,1-6H3. The largest absolute Gasteiger partial charge is 0.490 e. The highest BCUT2D eigenvalue weighted by Crippen LogP contribution is 2.39. The Morgan fingerprint density at radius 1 is 1.07 bits per heavy atom. The number of anilines is 1. The third kappa shape index (κ3) is 6.18. The van der Waals surface area contributed by atoms with Gasteiger partial charge in [-0.2, -0.15) is 5.26 Å². The molecule has 0 aliphatic carbocycles. The van der Waals surface area contributed by atoms with Crippen LogP contribution < -0.4 is 14.4 Å². The summed E-state index contributed by atoms with van der Waals surface area (Å²) < 4.78 is 26.7. The van der Waals surface area contributed by atoms with Crippen LogP contribution in [-0.4, -0.2) is 73.9 Å². The SMILES string of the molecule is CCOc1cc2c(c(F)c1OCC)C(=N)N(CC(=O)c1cc(N3CCN(CC#N)CC3)c(CC)c(C(C)(C)C)c1)C2. The Morgan fingerprint density at radius 2 is 1.76 bits per heavy atom. The van der Waals surface area contributed by atoms with Gasteiger partial charge in [0.05, 0.1) is 37.9 Å². The Balaban J connectivity index is 1.65. The zero-order valence-electron chi connectivity index (χ0n) is 25.2. The van der Waals surface area contributed by atoms with E-state index in [0.717, 1.165) is 43.9 Å². The Kier molecular flexibility index (Phi) is 9.23. The van der Waals surface area contributed by atoms with Gasteiger partial charge in [0.1, 0.15) is 5.84 Å². The van der Waals surface area contributed by atoms with E-state index >= 15 is 4.39 Å². The third-order valence-corrected chi connectivity index (χ3v) is 7.82. The van der Waals surface area contributed by atoms with E-state index in [1.807, 2.05) is 19.1 Å². The van der Waals surface area contributed by atoms with Crippen LogP contribution in [0.1, 0.15) is 74.2 Å². The summed E-state index contributed by atoms with van der Waals surface area (Å²) in [5, 5.41) is 17.8. The fourth-order valence-electron chi connectivity index (χ4n) is 5.81. The van der Waals surface area contributed by atoms with Crippen LogP contribution in [0.5, 0.6) is 11.5 Å². The van der Waals surface area contributed by atoms with Crippen molar-refractivity contribution in [3.05, 3.63) is 51.8 Å². The highest BCUT2D eigenvalue weighted by molar-refractivity contribution is 6.06. The molecular formula is C32H42FN5O3. The summed E-state index contributed by atoms with van der Waals surface area (Å²) in [6.45, 7) is 16.6. The van der Waals surface area contributed by atoms with Crippen LogP contribution in [-0.2, 0) is 18.4 Å². The maximum atomic E-state index is 15.5. The second kappa shape index (κ2) is 12.5. The zero-order chi connectivity index (χ0) is 29.9.